The Morgan fingerprint density at radius 2 is 1.76 bits per heavy atom. The number of carbonyl (C=O) groups excluding carboxylic acids is 1. The lowest BCUT2D eigenvalue weighted by atomic mass is 9.98. The van der Waals surface area contributed by atoms with E-state index in [9.17, 15) is 4.79 Å². The molecule has 1 amide bonds. The monoisotopic (exact) mass is 284 g/mol. The third-order valence-electron chi connectivity index (χ3n) is 5.70. The van der Waals surface area contributed by atoms with E-state index >= 15 is 0 Å². The Hall–Kier alpha value is -1.35. The van der Waals surface area contributed by atoms with Gasteiger partial charge in [0.05, 0.1) is 5.54 Å². The van der Waals surface area contributed by atoms with Crippen LogP contribution in [0.25, 0.3) is 0 Å². The van der Waals surface area contributed by atoms with Crippen LogP contribution in [0.2, 0.25) is 0 Å². The molecule has 112 valence electrons. The van der Waals surface area contributed by atoms with E-state index in [0.717, 1.165) is 19.3 Å². The van der Waals surface area contributed by atoms with Gasteiger partial charge in [-0.05, 0) is 30.2 Å². The second-order valence-electron chi connectivity index (χ2n) is 7.67. The normalized spacial score (nSPS) is 32.9. The topological polar surface area (TPSA) is 32.3 Å². The Morgan fingerprint density at radius 1 is 1.14 bits per heavy atom. The van der Waals surface area contributed by atoms with E-state index in [1.54, 1.807) is 0 Å². The third kappa shape index (κ3) is 1.94. The van der Waals surface area contributed by atoms with Gasteiger partial charge in [-0.25, -0.2) is 0 Å². The zero-order valence-electron chi connectivity index (χ0n) is 12.9. The third-order valence-corrected chi connectivity index (χ3v) is 5.70. The molecule has 1 N–H and O–H groups in total. The van der Waals surface area contributed by atoms with Crippen LogP contribution in [0, 0.1) is 5.41 Å². The van der Waals surface area contributed by atoms with E-state index in [-0.39, 0.29) is 17.1 Å². The molecule has 2 atom stereocenters. The highest BCUT2D eigenvalue weighted by Gasteiger charge is 2.61. The van der Waals surface area contributed by atoms with Crippen LogP contribution in [0.3, 0.4) is 0 Å². The van der Waals surface area contributed by atoms with Gasteiger partial charge in [-0.2, -0.15) is 0 Å². The van der Waals surface area contributed by atoms with Crippen molar-refractivity contribution in [3.8, 4) is 0 Å². The van der Waals surface area contributed by atoms with Crippen LogP contribution < -0.4 is 5.32 Å². The Labute approximate surface area is 126 Å². The van der Waals surface area contributed by atoms with Crippen molar-refractivity contribution in [2.24, 2.45) is 5.41 Å². The minimum absolute atomic E-state index is 0.0589. The smallest absolute Gasteiger partial charge is 0.244 e. The number of nitrogens with zero attached hydrogens (tertiary/aromatic N) is 1. The average molecular weight is 284 g/mol. The number of amides is 1. The first kappa shape index (κ1) is 13.3. The summed E-state index contributed by atoms with van der Waals surface area (Å²) in [6, 6.07) is 10.8. The summed E-state index contributed by atoms with van der Waals surface area (Å²) < 4.78 is 0. The van der Waals surface area contributed by atoms with Crippen molar-refractivity contribution in [2.75, 3.05) is 0 Å². The molecule has 3 fully saturated rings. The lowest BCUT2D eigenvalue weighted by Crippen LogP contribution is -2.44. The molecular weight excluding hydrogens is 260 g/mol. The molecule has 1 spiro atoms. The predicted octanol–water partition coefficient (Wildman–Crippen LogP) is 3.23. The number of carbonyl (C=O) groups is 1. The van der Waals surface area contributed by atoms with Gasteiger partial charge in [0, 0.05) is 6.04 Å². The zero-order valence-corrected chi connectivity index (χ0v) is 12.9. The predicted molar refractivity (Wildman–Crippen MR) is 82.5 cm³/mol. The summed E-state index contributed by atoms with van der Waals surface area (Å²) in [6.07, 6.45) is 5.52. The van der Waals surface area contributed by atoms with Gasteiger partial charge in [0.15, 0.2) is 0 Å². The van der Waals surface area contributed by atoms with Crippen molar-refractivity contribution in [3.05, 3.63) is 35.9 Å². The van der Waals surface area contributed by atoms with Crippen molar-refractivity contribution in [1.82, 2.24) is 10.2 Å². The van der Waals surface area contributed by atoms with Crippen LogP contribution in [-0.2, 0) is 4.79 Å². The van der Waals surface area contributed by atoms with Gasteiger partial charge in [0.2, 0.25) is 5.91 Å². The van der Waals surface area contributed by atoms with Gasteiger partial charge in [-0.3, -0.25) is 10.1 Å². The highest BCUT2D eigenvalue weighted by molar-refractivity contribution is 5.90. The zero-order chi connectivity index (χ0) is 14.7. The van der Waals surface area contributed by atoms with Crippen molar-refractivity contribution < 1.29 is 4.79 Å². The molecule has 21 heavy (non-hydrogen) atoms. The fraction of sp³-hybridized carbons (Fsp3) is 0.611. The number of benzene rings is 1. The van der Waals surface area contributed by atoms with Gasteiger partial charge in [0.25, 0.3) is 0 Å². The van der Waals surface area contributed by atoms with E-state index < -0.39 is 0 Å². The Balaban J connectivity index is 1.72. The Morgan fingerprint density at radius 3 is 2.33 bits per heavy atom. The first-order valence-corrected chi connectivity index (χ1v) is 8.19. The minimum atomic E-state index is -0.279. The SMILES string of the molecule is CC1(C)CC1N1C(=O)C2(CCCC2)NC1c1ccccc1. The standard InChI is InChI=1S/C18H24N2O/c1-17(2)12-14(17)20-15(13-8-4-3-5-9-13)19-18(16(20)21)10-6-7-11-18/h3-5,8-9,14-15,19H,6-7,10-12H2,1-2H3. The summed E-state index contributed by atoms with van der Waals surface area (Å²) in [4.78, 5) is 15.3. The molecule has 1 aromatic carbocycles. The molecule has 2 aliphatic carbocycles. The summed E-state index contributed by atoms with van der Waals surface area (Å²) in [5, 5.41) is 3.72. The maximum atomic E-state index is 13.1. The fourth-order valence-corrected chi connectivity index (χ4v) is 4.21. The van der Waals surface area contributed by atoms with Gasteiger partial charge < -0.3 is 4.90 Å². The molecular formula is C18H24N2O. The molecule has 3 heteroatoms. The summed E-state index contributed by atoms with van der Waals surface area (Å²) in [5.41, 5.74) is 1.21. The van der Waals surface area contributed by atoms with Gasteiger partial charge in [-0.1, -0.05) is 57.0 Å². The quantitative estimate of drug-likeness (QED) is 0.904. The molecule has 0 bridgehead atoms. The number of hydrogen-bond donors (Lipinski definition) is 1. The van der Waals surface area contributed by atoms with E-state index in [2.05, 4.69) is 48.3 Å². The molecule has 3 nitrogen and oxygen atoms in total. The number of nitrogens with one attached hydrogen (secondary N) is 1. The fourth-order valence-electron chi connectivity index (χ4n) is 4.21. The molecule has 1 aromatic rings. The van der Waals surface area contributed by atoms with Gasteiger partial charge in [0.1, 0.15) is 6.17 Å². The van der Waals surface area contributed by atoms with E-state index in [4.69, 9.17) is 0 Å². The van der Waals surface area contributed by atoms with Crippen molar-refractivity contribution >= 4 is 5.91 Å². The number of hydrogen-bond acceptors (Lipinski definition) is 2. The van der Waals surface area contributed by atoms with Gasteiger partial charge >= 0.3 is 0 Å². The number of rotatable bonds is 2. The van der Waals surface area contributed by atoms with Crippen molar-refractivity contribution in [3.63, 3.8) is 0 Å². The van der Waals surface area contributed by atoms with E-state index in [1.165, 1.54) is 18.4 Å². The summed E-state index contributed by atoms with van der Waals surface area (Å²) in [7, 11) is 0. The van der Waals surface area contributed by atoms with Crippen molar-refractivity contribution in [1.29, 1.82) is 0 Å². The molecule has 0 aromatic heterocycles. The maximum absolute atomic E-state index is 13.1. The van der Waals surface area contributed by atoms with Crippen LogP contribution in [0.4, 0.5) is 0 Å². The van der Waals surface area contributed by atoms with E-state index in [1.807, 2.05) is 6.07 Å². The van der Waals surface area contributed by atoms with Crippen LogP contribution in [-0.4, -0.2) is 22.4 Å². The molecule has 2 unspecified atom stereocenters. The minimum Gasteiger partial charge on any atom is -0.318 e. The second kappa shape index (κ2) is 4.33. The highest BCUT2D eigenvalue weighted by atomic mass is 16.2. The first-order valence-electron chi connectivity index (χ1n) is 8.19. The largest absolute Gasteiger partial charge is 0.318 e. The average Bonchev–Trinajstić information content (AvgIpc) is 2.85. The highest BCUT2D eigenvalue weighted by Crippen LogP contribution is 2.54. The van der Waals surface area contributed by atoms with Crippen molar-refractivity contribution in [2.45, 2.75) is 63.7 Å². The second-order valence-corrected chi connectivity index (χ2v) is 7.67. The molecule has 0 radical (unpaired) electrons. The molecule has 4 rings (SSSR count). The van der Waals surface area contributed by atoms with Gasteiger partial charge in [-0.15, -0.1) is 0 Å². The molecule has 3 aliphatic rings. The summed E-state index contributed by atoms with van der Waals surface area (Å²) >= 11 is 0. The molecule has 1 saturated heterocycles. The molecule has 1 heterocycles. The van der Waals surface area contributed by atoms with E-state index in [0.29, 0.717) is 11.9 Å². The Bertz CT molecular complexity index is 560. The van der Waals surface area contributed by atoms with Crippen LogP contribution in [0.1, 0.15) is 57.7 Å². The molecule has 2 saturated carbocycles. The van der Waals surface area contributed by atoms with Crippen LogP contribution >= 0.6 is 0 Å². The summed E-state index contributed by atoms with van der Waals surface area (Å²) in [6.45, 7) is 4.54. The lowest BCUT2D eigenvalue weighted by molar-refractivity contribution is -0.134. The first-order chi connectivity index (χ1) is 10.0. The van der Waals surface area contributed by atoms with Crippen LogP contribution in [0.15, 0.2) is 30.3 Å². The maximum Gasteiger partial charge on any atom is 0.244 e. The lowest BCUT2D eigenvalue weighted by Gasteiger charge is -2.26. The Kier molecular flexibility index (Phi) is 2.74. The van der Waals surface area contributed by atoms with Crippen LogP contribution in [0.5, 0.6) is 0 Å². The molecule has 1 aliphatic heterocycles. The summed E-state index contributed by atoms with van der Waals surface area (Å²) in [5.74, 6) is 0.351.